The molecular weight excluding hydrogens is 512 g/mol. The van der Waals surface area contributed by atoms with Crippen molar-refractivity contribution in [3.05, 3.63) is 58.3 Å². The second kappa shape index (κ2) is 10.9. The molecule has 0 bridgehead atoms. The van der Waals surface area contributed by atoms with Crippen LogP contribution in [0.3, 0.4) is 0 Å². The molecule has 35 heavy (non-hydrogen) atoms. The van der Waals surface area contributed by atoms with Crippen LogP contribution in [0, 0.1) is 0 Å². The number of carboxylic acids is 1. The Morgan fingerprint density at radius 1 is 1.43 bits per heavy atom. The molecule has 1 saturated heterocycles. The topological polar surface area (TPSA) is 160 Å². The zero-order valence-corrected chi connectivity index (χ0v) is 20.7. The van der Waals surface area contributed by atoms with Crippen molar-refractivity contribution in [1.82, 2.24) is 20.2 Å². The number of nitrogens with zero attached hydrogens (tertiary/aromatic N) is 4. The summed E-state index contributed by atoms with van der Waals surface area (Å²) < 4.78 is 0. The molecule has 182 valence electrons. The van der Waals surface area contributed by atoms with Gasteiger partial charge < -0.3 is 21.0 Å². The van der Waals surface area contributed by atoms with Crippen molar-refractivity contribution in [2.45, 2.75) is 16.7 Å². The van der Waals surface area contributed by atoms with Gasteiger partial charge >= 0.3 is 5.97 Å². The van der Waals surface area contributed by atoms with Gasteiger partial charge in [0.2, 0.25) is 0 Å². The fourth-order valence-corrected chi connectivity index (χ4v) is 6.35. The van der Waals surface area contributed by atoms with Gasteiger partial charge in [0.25, 0.3) is 11.8 Å². The molecule has 0 aliphatic carbocycles. The van der Waals surface area contributed by atoms with E-state index in [1.807, 2.05) is 29.7 Å². The van der Waals surface area contributed by atoms with Crippen LogP contribution in [-0.2, 0) is 19.2 Å². The standard InChI is InChI=1S/C21H20N6O5S3/c1-32-26-15(13-10-34-21(22)24-13)17(28)25-16-18(29)27-14(20(30)31)8-12(35-19(16)27)9-33-7-5-11-4-2-3-6-23-11/h2-8,10,12,16,19H,9H2,1H3,(H2,22,24)(H,25,28)(H,30,31)/b7-5-,26-15-/t12?,16?,19-/m1/s1. The molecule has 4 heterocycles. The molecule has 2 unspecified atom stereocenters. The summed E-state index contributed by atoms with van der Waals surface area (Å²) in [5.41, 5.74) is 6.45. The number of amides is 2. The molecule has 0 radical (unpaired) electrons. The van der Waals surface area contributed by atoms with Crippen LogP contribution in [0.4, 0.5) is 5.13 Å². The van der Waals surface area contributed by atoms with Gasteiger partial charge in [0, 0.05) is 22.6 Å². The van der Waals surface area contributed by atoms with Crippen molar-refractivity contribution >= 4 is 69.6 Å². The van der Waals surface area contributed by atoms with E-state index < -0.39 is 29.2 Å². The number of nitrogens with one attached hydrogen (secondary N) is 1. The smallest absolute Gasteiger partial charge is 0.352 e. The van der Waals surface area contributed by atoms with Gasteiger partial charge in [-0.15, -0.1) is 34.9 Å². The van der Waals surface area contributed by atoms with Gasteiger partial charge in [-0.2, -0.15) is 0 Å². The van der Waals surface area contributed by atoms with Crippen LogP contribution in [0.5, 0.6) is 0 Å². The number of nitrogens with two attached hydrogens (primary N) is 1. The Morgan fingerprint density at radius 2 is 2.26 bits per heavy atom. The highest BCUT2D eigenvalue weighted by Gasteiger charge is 2.54. The number of thioether (sulfide) groups is 2. The molecule has 2 aliphatic rings. The average Bonchev–Trinajstić information content (AvgIpc) is 3.29. The number of carbonyl (C=O) groups is 3. The highest BCUT2D eigenvalue weighted by Crippen LogP contribution is 2.42. The van der Waals surface area contributed by atoms with Crippen molar-refractivity contribution in [1.29, 1.82) is 0 Å². The van der Waals surface area contributed by atoms with Crippen LogP contribution in [0.2, 0.25) is 0 Å². The average molecular weight is 533 g/mol. The van der Waals surface area contributed by atoms with Gasteiger partial charge in [0.05, 0.1) is 5.69 Å². The van der Waals surface area contributed by atoms with E-state index in [0.717, 1.165) is 17.0 Å². The molecule has 11 nitrogen and oxygen atoms in total. The van der Waals surface area contributed by atoms with Gasteiger partial charge in [-0.3, -0.25) is 19.5 Å². The third kappa shape index (κ3) is 5.49. The molecular formula is C21H20N6O5S3. The van der Waals surface area contributed by atoms with E-state index in [4.69, 9.17) is 10.6 Å². The predicted octanol–water partition coefficient (Wildman–Crippen LogP) is 1.61. The summed E-state index contributed by atoms with van der Waals surface area (Å²) in [6, 6.07) is 4.67. The first-order chi connectivity index (χ1) is 16.9. The zero-order chi connectivity index (χ0) is 24.9. The van der Waals surface area contributed by atoms with E-state index in [9.17, 15) is 19.5 Å². The molecule has 0 spiro atoms. The fraction of sp³-hybridized carbons (Fsp3) is 0.238. The summed E-state index contributed by atoms with van der Waals surface area (Å²) in [7, 11) is 1.28. The van der Waals surface area contributed by atoms with Gasteiger partial charge in [0.15, 0.2) is 10.8 Å². The molecule has 2 aliphatic heterocycles. The Labute approximate surface area is 212 Å². The molecule has 0 saturated carbocycles. The molecule has 2 aromatic heterocycles. The number of carboxylic acid groups (broad SMARTS) is 1. The lowest BCUT2D eigenvalue weighted by atomic mass is 10.0. The number of hydrogen-bond acceptors (Lipinski definition) is 11. The maximum absolute atomic E-state index is 12.9. The van der Waals surface area contributed by atoms with E-state index in [0.29, 0.717) is 5.75 Å². The summed E-state index contributed by atoms with van der Waals surface area (Å²) in [6.07, 6.45) is 5.13. The van der Waals surface area contributed by atoms with E-state index in [2.05, 4.69) is 20.4 Å². The van der Waals surface area contributed by atoms with Crippen molar-refractivity contribution in [2.75, 3.05) is 18.6 Å². The Balaban J connectivity index is 1.44. The Kier molecular flexibility index (Phi) is 7.73. The van der Waals surface area contributed by atoms with E-state index >= 15 is 0 Å². The summed E-state index contributed by atoms with van der Waals surface area (Å²) in [4.78, 5) is 51.7. The molecule has 4 N–H and O–H groups in total. The van der Waals surface area contributed by atoms with Crippen LogP contribution in [0.25, 0.3) is 6.08 Å². The maximum atomic E-state index is 12.9. The van der Waals surface area contributed by atoms with Crippen LogP contribution >= 0.6 is 34.9 Å². The highest BCUT2D eigenvalue weighted by molar-refractivity contribution is 8.05. The number of aliphatic carboxylic acids is 1. The van der Waals surface area contributed by atoms with Crippen LogP contribution in [0.1, 0.15) is 11.4 Å². The number of β-lactam (4-membered cyclic amide) rings is 1. The van der Waals surface area contributed by atoms with E-state index in [1.165, 1.54) is 35.5 Å². The lowest BCUT2D eigenvalue weighted by molar-refractivity contribution is -0.150. The third-order valence-corrected chi connectivity index (χ3v) is 8.09. The Hall–Kier alpha value is -3.36. The summed E-state index contributed by atoms with van der Waals surface area (Å²) in [5, 5.41) is 18.9. The number of oxime groups is 1. The van der Waals surface area contributed by atoms with Crippen molar-refractivity contribution < 1.29 is 24.3 Å². The Morgan fingerprint density at radius 3 is 2.91 bits per heavy atom. The van der Waals surface area contributed by atoms with Gasteiger partial charge in [0.1, 0.15) is 29.9 Å². The van der Waals surface area contributed by atoms with Crippen molar-refractivity contribution in [3.8, 4) is 0 Å². The van der Waals surface area contributed by atoms with Gasteiger partial charge in [-0.1, -0.05) is 11.2 Å². The summed E-state index contributed by atoms with van der Waals surface area (Å²) >= 11 is 4.03. The monoisotopic (exact) mass is 532 g/mol. The number of thiazole rings is 1. The molecule has 14 heteroatoms. The molecule has 2 aromatic rings. The van der Waals surface area contributed by atoms with Crippen LogP contribution in [0.15, 0.2) is 52.1 Å². The second-order valence-corrected chi connectivity index (χ2v) is 10.4. The Bertz CT molecular complexity index is 1220. The lowest BCUT2D eigenvalue weighted by Gasteiger charge is -2.49. The van der Waals surface area contributed by atoms with E-state index in [1.54, 1.807) is 17.7 Å². The largest absolute Gasteiger partial charge is 0.477 e. The molecule has 1 fully saturated rings. The first kappa shape index (κ1) is 24.8. The molecule has 4 rings (SSSR count). The number of fused-ring (bicyclic) bond motifs is 1. The lowest BCUT2D eigenvalue weighted by Crippen LogP contribution is -2.71. The number of rotatable bonds is 9. The quantitative estimate of drug-likeness (QED) is 0.246. The van der Waals surface area contributed by atoms with Gasteiger partial charge in [-0.25, -0.2) is 9.78 Å². The van der Waals surface area contributed by atoms with Crippen molar-refractivity contribution in [3.63, 3.8) is 0 Å². The number of anilines is 1. The van der Waals surface area contributed by atoms with Crippen molar-refractivity contribution in [2.24, 2.45) is 5.16 Å². The first-order valence-corrected chi connectivity index (χ1v) is 13.0. The SMILES string of the molecule is CO/N=C(\C(=O)NC1C(=O)N2C(C(=O)O)=CC(CS/C=C\c3ccccn3)S[C@H]12)c1csc(N)n1. The van der Waals surface area contributed by atoms with Crippen LogP contribution in [-0.4, -0.2) is 73.0 Å². The fourth-order valence-electron chi connectivity index (χ4n) is 3.37. The number of aromatic nitrogens is 2. The minimum atomic E-state index is -1.20. The first-order valence-electron chi connectivity index (χ1n) is 10.1. The minimum absolute atomic E-state index is 0.0957. The number of hydrogen-bond donors (Lipinski definition) is 3. The normalized spacial score (nSPS) is 21.8. The molecule has 3 atom stereocenters. The zero-order valence-electron chi connectivity index (χ0n) is 18.2. The number of pyridine rings is 1. The number of nitrogen functional groups attached to an aromatic ring is 1. The second-order valence-electron chi connectivity index (χ2n) is 7.17. The molecule has 0 aromatic carbocycles. The van der Waals surface area contributed by atoms with Crippen LogP contribution < -0.4 is 11.1 Å². The summed E-state index contributed by atoms with van der Waals surface area (Å²) in [5.74, 6) is -1.82. The highest BCUT2D eigenvalue weighted by atomic mass is 32.2. The minimum Gasteiger partial charge on any atom is -0.477 e. The van der Waals surface area contributed by atoms with E-state index in [-0.39, 0.29) is 27.5 Å². The third-order valence-electron chi connectivity index (χ3n) is 4.91. The molecule has 2 amide bonds. The summed E-state index contributed by atoms with van der Waals surface area (Å²) in [6.45, 7) is 0. The predicted molar refractivity (Wildman–Crippen MR) is 135 cm³/mol. The van der Waals surface area contributed by atoms with Gasteiger partial charge in [-0.05, 0) is 29.7 Å². The maximum Gasteiger partial charge on any atom is 0.352 e. The number of carbonyl (C=O) groups excluding carboxylic acids is 2.